The van der Waals surface area contributed by atoms with Crippen molar-refractivity contribution in [1.29, 1.82) is 0 Å². The van der Waals surface area contributed by atoms with Gasteiger partial charge in [0.2, 0.25) is 0 Å². The third kappa shape index (κ3) is 7.10. The Morgan fingerprint density at radius 3 is 1.98 bits per heavy atom. The molecule has 0 spiro atoms. The van der Waals surface area contributed by atoms with Gasteiger partial charge in [0.1, 0.15) is 13.2 Å². The zero-order valence-corrected chi connectivity index (χ0v) is 22.9. The number of imide groups is 1. The molecule has 0 aliphatic rings. The molecular formula is C34H31N3O5. The fourth-order valence-corrected chi connectivity index (χ4v) is 4.62. The van der Waals surface area contributed by atoms with Gasteiger partial charge in [0.15, 0.2) is 0 Å². The number of carbonyl (C=O) groups is 3. The van der Waals surface area contributed by atoms with Gasteiger partial charge in [0.05, 0.1) is 18.2 Å². The molecule has 0 bridgehead atoms. The standard InChI is InChI=1S/C34H31N3O5/c35-30(20-27-21-36-31-14-8-7-13-29(27)31)33(39)37(34(40)42-23-26-11-5-2-6-12-26)28-17-15-24(16-18-28)19-32(38)41-22-25-9-3-1-4-10-25/h1-18,21,30,36H,19-20,22-23,35H2/t30-/m0/s1. The number of nitrogens with one attached hydrogen (secondary N) is 1. The second-order valence-corrected chi connectivity index (χ2v) is 9.87. The number of ether oxygens (including phenoxy) is 2. The lowest BCUT2D eigenvalue weighted by molar-refractivity contribution is -0.144. The Morgan fingerprint density at radius 2 is 1.31 bits per heavy atom. The lowest BCUT2D eigenvalue weighted by atomic mass is 10.0. The van der Waals surface area contributed by atoms with Crippen molar-refractivity contribution in [1.82, 2.24) is 4.98 Å². The number of nitrogens with zero attached hydrogens (tertiary/aromatic N) is 1. The van der Waals surface area contributed by atoms with E-state index >= 15 is 0 Å². The maximum atomic E-state index is 13.7. The fourth-order valence-electron chi connectivity index (χ4n) is 4.62. The van der Waals surface area contributed by atoms with Crippen molar-refractivity contribution in [2.24, 2.45) is 5.73 Å². The highest BCUT2D eigenvalue weighted by atomic mass is 16.6. The molecule has 1 heterocycles. The van der Waals surface area contributed by atoms with Gasteiger partial charge in [-0.1, -0.05) is 91.0 Å². The molecule has 0 saturated heterocycles. The Labute approximate surface area is 243 Å². The Balaban J connectivity index is 1.30. The van der Waals surface area contributed by atoms with E-state index in [0.29, 0.717) is 5.56 Å². The number of fused-ring (bicyclic) bond motifs is 1. The van der Waals surface area contributed by atoms with Gasteiger partial charge in [-0.15, -0.1) is 0 Å². The Morgan fingerprint density at radius 1 is 0.714 bits per heavy atom. The number of hydrogen-bond acceptors (Lipinski definition) is 6. The first kappa shape index (κ1) is 28.3. The third-order valence-electron chi connectivity index (χ3n) is 6.83. The van der Waals surface area contributed by atoms with E-state index in [1.165, 1.54) is 0 Å². The molecule has 4 aromatic carbocycles. The average Bonchev–Trinajstić information content (AvgIpc) is 3.43. The van der Waals surface area contributed by atoms with Crippen molar-refractivity contribution in [3.05, 3.63) is 138 Å². The van der Waals surface area contributed by atoms with Gasteiger partial charge in [-0.05, 0) is 46.9 Å². The van der Waals surface area contributed by atoms with Gasteiger partial charge < -0.3 is 20.2 Å². The first-order valence-electron chi connectivity index (χ1n) is 13.6. The second kappa shape index (κ2) is 13.4. The number of carbonyl (C=O) groups excluding carboxylic acids is 3. The van der Waals surface area contributed by atoms with E-state index < -0.39 is 18.0 Å². The molecule has 0 aliphatic carbocycles. The number of aromatic nitrogens is 1. The summed E-state index contributed by atoms with van der Waals surface area (Å²) in [6, 6.07) is 31.9. The molecule has 8 nitrogen and oxygen atoms in total. The molecule has 5 rings (SSSR count). The van der Waals surface area contributed by atoms with E-state index in [1.807, 2.05) is 91.1 Å². The van der Waals surface area contributed by atoms with Crippen molar-refractivity contribution in [2.45, 2.75) is 32.1 Å². The van der Waals surface area contributed by atoms with Gasteiger partial charge in [-0.3, -0.25) is 9.59 Å². The van der Waals surface area contributed by atoms with Crippen LogP contribution in [0.2, 0.25) is 0 Å². The summed E-state index contributed by atoms with van der Waals surface area (Å²) in [5.41, 5.74) is 10.8. The summed E-state index contributed by atoms with van der Waals surface area (Å²) < 4.78 is 10.9. The van der Waals surface area contributed by atoms with Gasteiger partial charge in [-0.25, -0.2) is 9.69 Å². The van der Waals surface area contributed by atoms with Crippen LogP contribution in [-0.4, -0.2) is 29.0 Å². The number of benzene rings is 4. The molecule has 0 radical (unpaired) electrons. The van der Waals surface area contributed by atoms with Crippen LogP contribution in [0.1, 0.15) is 22.3 Å². The maximum Gasteiger partial charge on any atom is 0.421 e. The molecule has 212 valence electrons. The molecule has 0 unspecified atom stereocenters. The highest BCUT2D eigenvalue weighted by Crippen LogP contribution is 2.22. The van der Waals surface area contributed by atoms with E-state index in [0.717, 1.165) is 32.5 Å². The van der Waals surface area contributed by atoms with Crippen molar-refractivity contribution < 1.29 is 23.9 Å². The molecule has 0 fully saturated rings. The number of anilines is 1. The normalized spacial score (nSPS) is 11.5. The molecule has 5 aromatic rings. The van der Waals surface area contributed by atoms with E-state index in [4.69, 9.17) is 15.2 Å². The summed E-state index contributed by atoms with van der Waals surface area (Å²) in [5, 5.41) is 0.961. The summed E-state index contributed by atoms with van der Waals surface area (Å²) >= 11 is 0. The van der Waals surface area contributed by atoms with Gasteiger partial charge >= 0.3 is 12.1 Å². The summed E-state index contributed by atoms with van der Waals surface area (Å²) in [6.45, 7) is 0.175. The summed E-state index contributed by atoms with van der Waals surface area (Å²) in [5.74, 6) is -0.990. The first-order chi connectivity index (χ1) is 20.5. The van der Waals surface area contributed by atoms with Crippen LogP contribution in [-0.2, 0) is 45.1 Å². The number of para-hydroxylation sites is 1. The highest BCUT2D eigenvalue weighted by Gasteiger charge is 2.30. The Bertz CT molecular complexity index is 1650. The smallest absolute Gasteiger partial charge is 0.421 e. The zero-order valence-electron chi connectivity index (χ0n) is 22.9. The predicted octanol–water partition coefficient (Wildman–Crippen LogP) is 5.69. The number of amides is 2. The Hall–Kier alpha value is -5.21. The SMILES string of the molecule is N[C@@H](Cc1c[nH]c2ccccc12)C(=O)N(C(=O)OCc1ccccc1)c1ccc(CC(=O)OCc2ccccc2)cc1. The van der Waals surface area contributed by atoms with Crippen molar-refractivity contribution in [3.63, 3.8) is 0 Å². The maximum absolute atomic E-state index is 13.7. The average molecular weight is 562 g/mol. The largest absolute Gasteiger partial charge is 0.461 e. The van der Waals surface area contributed by atoms with Gasteiger partial charge in [-0.2, -0.15) is 0 Å². The first-order valence-corrected chi connectivity index (χ1v) is 13.6. The van der Waals surface area contributed by atoms with E-state index in [1.54, 1.807) is 24.3 Å². The van der Waals surface area contributed by atoms with E-state index in [9.17, 15) is 14.4 Å². The molecule has 0 saturated carbocycles. The van der Waals surface area contributed by atoms with Crippen LogP contribution >= 0.6 is 0 Å². The Kier molecular flexibility index (Phi) is 9.06. The molecule has 42 heavy (non-hydrogen) atoms. The van der Waals surface area contributed by atoms with Crippen molar-refractivity contribution >= 4 is 34.6 Å². The quantitative estimate of drug-likeness (QED) is 0.212. The predicted molar refractivity (Wildman–Crippen MR) is 160 cm³/mol. The third-order valence-corrected chi connectivity index (χ3v) is 6.83. The van der Waals surface area contributed by atoms with Crippen LogP contribution in [0.25, 0.3) is 10.9 Å². The van der Waals surface area contributed by atoms with Crippen LogP contribution in [0, 0.1) is 0 Å². The molecular weight excluding hydrogens is 530 g/mol. The molecule has 1 aromatic heterocycles. The number of hydrogen-bond donors (Lipinski definition) is 2. The highest BCUT2D eigenvalue weighted by molar-refractivity contribution is 6.14. The van der Waals surface area contributed by atoms with Crippen LogP contribution in [0.3, 0.4) is 0 Å². The molecule has 3 N–H and O–H groups in total. The van der Waals surface area contributed by atoms with E-state index in [-0.39, 0.29) is 37.7 Å². The summed E-state index contributed by atoms with van der Waals surface area (Å²) in [6.07, 6.45) is 1.24. The number of rotatable bonds is 10. The van der Waals surface area contributed by atoms with Gasteiger partial charge in [0, 0.05) is 17.1 Å². The van der Waals surface area contributed by atoms with Crippen LogP contribution in [0.4, 0.5) is 10.5 Å². The lowest BCUT2D eigenvalue weighted by Gasteiger charge is -2.24. The summed E-state index contributed by atoms with van der Waals surface area (Å²) in [4.78, 5) is 43.5. The molecule has 0 aliphatic heterocycles. The fraction of sp³-hybridized carbons (Fsp3) is 0.147. The lowest BCUT2D eigenvalue weighted by Crippen LogP contribution is -2.48. The van der Waals surface area contributed by atoms with Crippen molar-refractivity contribution in [2.75, 3.05) is 4.90 Å². The minimum Gasteiger partial charge on any atom is -0.461 e. The van der Waals surface area contributed by atoms with Crippen molar-refractivity contribution in [3.8, 4) is 0 Å². The topological polar surface area (TPSA) is 115 Å². The zero-order chi connectivity index (χ0) is 29.3. The summed E-state index contributed by atoms with van der Waals surface area (Å²) in [7, 11) is 0. The second-order valence-electron chi connectivity index (χ2n) is 9.87. The number of H-pyrrole nitrogens is 1. The van der Waals surface area contributed by atoms with Gasteiger partial charge in [0.25, 0.3) is 5.91 Å². The van der Waals surface area contributed by atoms with Crippen LogP contribution in [0.15, 0.2) is 115 Å². The number of nitrogens with two attached hydrogens (primary N) is 1. The minimum atomic E-state index is -1.01. The van der Waals surface area contributed by atoms with Crippen LogP contribution in [0.5, 0.6) is 0 Å². The number of aromatic amines is 1. The van der Waals surface area contributed by atoms with E-state index in [2.05, 4.69) is 4.98 Å². The molecule has 8 heteroatoms. The van der Waals surface area contributed by atoms with Crippen LogP contribution < -0.4 is 10.6 Å². The molecule has 1 atom stereocenters. The minimum absolute atomic E-state index is 0.00746. The monoisotopic (exact) mass is 561 g/mol. The number of esters is 1. The molecule has 2 amide bonds.